The number of carbonyl (C=O) groups is 2. The maximum Gasteiger partial charge on any atom is 0.223 e. The Morgan fingerprint density at radius 1 is 1.26 bits per heavy atom. The van der Waals surface area contributed by atoms with Crippen LogP contribution in [0.4, 0.5) is 0 Å². The third kappa shape index (κ3) is 1.87. The summed E-state index contributed by atoms with van der Waals surface area (Å²) < 4.78 is 0. The van der Waals surface area contributed by atoms with Crippen molar-refractivity contribution in [2.24, 2.45) is 23.2 Å². The molecule has 1 saturated heterocycles. The van der Waals surface area contributed by atoms with E-state index in [0.29, 0.717) is 31.1 Å². The van der Waals surface area contributed by atoms with Gasteiger partial charge in [-0.05, 0) is 61.9 Å². The van der Waals surface area contributed by atoms with Gasteiger partial charge in [0.15, 0.2) is 5.78 Å². The Hall–Kier alpha value is -1.16. The highest BCUT2D eigenvalue weighted by atomic mass is 16.3. The van der Waals surface area contributed by atoms with Gasteiger partial charge >= 0.3 is 0 Å². The Labute approximate surface area is 137 Å². The van der Waals surface area contributed by atoms with Gasteiger partial charge in [-0.2, -0.15) is 0 Å². The second-order valence-electron chi connectivity index (χ2n) is 8.67. The zero-order valence-electron chi connectivity index (χ0n) is 14.3. The van der Waals surface area contributed by atoms with Gasteiger partial charge in [0.25, 0.3) is 0 Å². The normalized spacial score (nSPS) is 49.4. The van der Waals surface area contributed by atoms with E-state index in [4.69, 9.17) is 0 Å². The molecule has 6 atom stereocenters. The van der Waals surface area contributed by atoms with Crippen LogP contribution in [0.1, 0.15) is 52.4 Å². The Morgan fingerprint density at radius 2 is 2.00 bits per heavy atom. The predicted molar refractivity (Wildman–Crippen MR) is 86.6 cm³/mol. The molecule has 1 N–H and O–H groups in total. The summed E-state index contributed by atoms with van der Waals surface area (Å²) in [4.78, 5) is 26.0. The molecule has 1 heterocycles. The molecule has 126 valence electrons. The average molecular weight is 317 g/mol. The Morgan fingerprint density at radius 3 is 2.74 bits per heavy atom. The van der Waals surface area contributed by atoms with Gasteiger partial charge in [0.1, 0.15) is 0 Å². The predicted octanol–water partition coefficient (Wildman–Crippen LogP) is 2.31. The van der Waals surface area contributed by atoms with Gasteiger partial charge in [-0.1, -0.05) is 12.5 Å². The maximum absolute atomic E-state index is 12.3. The lowest BCUT2D eigenvalue weighted by Gasteiger charge is -2.59. The van der Waals surface area contributed by atoms with Crippen LogP contribution in [-0.2, 0) is 9.59 Å². The molecule has 3 unspecified atom stereocenters. The van der Waals surface area contributed by atoms with Crippen molar-refractivity contribution in [3.05, 3.63) is 11.6 Å². The number of amides is 1. The molecule has 4 nitrogen and oxygen atoms in total. The van der Waals surface area contributed by atoms with Gasteiger partial charge < -0.3 is 10.0 Å². The number of carbonyl (C=O) groups excluding carboxylic acids is 2. The van der Waals surface area contributed by atoms with E-state index >= 15 is 0 Å². The van der Waals surface area contributed by atoms with Crippen LogP contribution in [0.3, 0.4) is 0 Å². The summed E-state index contributed by atoms with van der Waals surface area (Å²) in [6, 6.07) is 0. The molecule has 3 aliphatic carbocycles. The van der Waals surface area contributed by atoms with Crippen LogP contribution in [0.2, 0.25) is 0 Å². The number of aliphatic hydroxyl groups excluding tert-OH is 1. The number of nitrogens with zero attached hydrogens (tertiary/aromatic N) is 1. The number of aliphatic hydroxyl groups is 1. The number of hydrogen-bond donors (Lipinski definition) is 1. The fourth-order valence-electron chi connectivity index (χ4n) is 6.38. The Bertz CT molecular complexity index is 612. The third-order valence-electron chi connectivity index (χ3n) is 7.79. The second-order valence-corrected chi connectivity index (χ2v) is 8.67. The highest BCUT2D eigenvalue weighted by Gasteiger charge is 2.62. The quantitative estimate of drug-likeness (QED) is 0.746. The molecule has 0 aromatic carbocycles. The van der Waals surface area contributed by atoms with Gasteiger partial charge in [-0.3, -0.25) is 9.59 Å². The lowest BCUT2D eigenvalue weighted by molar-refractivity contribution is -0.136. The van der Waals surface area contributed by atoms with Crippen LogP contribution in [0, 0.1) is 23.2 Å². The Kier molecular flexibility index (Phi) is 3.13. The van der Waals surface area contributed by atoms with Crippen molar-refractivity contribution in [1.29, 1.82) is 0 Å². The SMILES string of the molecule is CN1C(=O)CC2C3CCC4=CC(=O)CC[C@]4(C)C3[C@@H](O)C[C@@]21C. The van der Waals surface area contributed by atoms with E-state index in [1.165, 1.54) is 5.57 Å². The second kappa shape index (κ2) is 4.69. The first-order chi connectivity index (χ1) is 10.8. The van der Waals surface area contributed by atoms with E-state index in [9.17, 15) is 14.7 Å². The van der Waals surface area contributed by atoms with Gasteiger partial charge in [0.2, 0.25) is 5.91 Å². The van der Waals surface area contributed by atoms with Gasteiger partial charge in [0.05, 0.1) is 6.10 Å². The zero-order valence-corrected chi connectivity index (χ0v) is 14.3. The van der Waals surface area contributed by atoms with Crippen molar-refractivity contribution >= 4 is 11.7 Å². The molecule has 0 spiro atoms. The molecule has 4 aliphatic rings. The fraction of sp³-hybridized carbons (Fsp3) is 0.789. The molecule has 23 heavy (non-hydrogen) atoms. The molecule has 1 amide bonds. The summed E-state index contributed by atoms with van der Waals surface area (Å²) >= 11 is 0. The van der Waals surface area contributed by atoms with E-state index < -0.39 is 6.10 Å². The lowest BCUT2D eigenvalue weighted by Crippen LogP contribution is -2.60. The standard InChI is InChI=1S/C19H27NO3/c1-18-7-6-12(21)8-11(18)4-5-13-14-9-16(23)20(3)19(14,2)10-15(22)17(13)18/h8,13-15,17,22H,4-7,9-10H2,1-3H3/t13?,14?,15-,17?,18-,19-/m0/s1. The van der Waals surface area contributed by atoms with Gasteiger partial charge in [-0.25, -0.2) is 0 Å². The molecule has 1 aliphatic heterocycles. The van der Waals surface area contributed by atoms with Gasteiger partial charge in [-0.15, -0.1) is 0 Å². The molecule has 0 radical (unpaired) electrons. The molecule has 3 fully saturated rings. The monoisotopic (exact) mass is 317 g/mol. The largest absolute Gasteiger partial charge is 0.393 e. The molecular formula is C19H27NO3. The van der Waals surface area contributed by atoms with E-state index in [1.807, 2.05) is 18.0 Å². The Balaban J connectivity index is 1.76. The molecule has 4 heteroatoms. The van der Waals surface area contributed by atoms with E-state index in [2.05, 4.69) is 13.8 Å². The first-order valence-corrected chi connectivity index (χ1v) is 8.96. The minimum absolute atomic E-state index is 0.0677. The van der Waals surface area contributed by atoms with Crippen LogP contribution in [-0.4, -0.2) is 40.4 Å². The van der Waals surface area contributed by atoms with Crippen LogP contribution in [0.15, 0.2) is 11.6 Å². The number of fused-ring (bicyclic) bond motifs is 5. The lowest BCUT2D eigenvalue weighted by atomic mass is 9.47. The number of hydrogen-bond acceptors (Lipinski definition) is 3. The van der Waals surface area contributed by atoms with Crippen LogP contribution < -0.4 is 0 Å². The van der Waals surface area contributed by atoms with Crippen molar-refractivity contribution in [3.63, 3.8) is 0 Å². The van der Waals surface area contributed by atoms with Gasteiger partial charge in [0, 0.05) is 25.4 Å². The minimum atomic E-state index is -0.392. The average Bonchev–Trinajstić information content (AvgIpc) is 2.71. The zero-order chi connectivity index (χ0) is 16.6. The summed E-state index contributed by atoms with van der Waals surface area (Å²) in [5.74, 6) is 1.36. The van der Waals surface area contributed by atoms with Crippen LogP contribution >= 0.6 is 0 Å². The molecule has 2 saturated carbocycles. The summed E-state index contributed by atoms with van der Waals surface area (Å²) in [6.45, 7) is 4.40. The van der Waals surface area contributed by atoms with Crippen molar-refractivity contribution in [2.45, 2.75) is 64.0 Å². The topological polar surface area (TPSA) is 57.6 Å². The van der Waals surface area contributed by atoms with Crippen LogP contribution in [0.5, 0.6) is 0 Å². The van der Waals surface area contributed by atoms with Crippen molar-refractivity contribution in [1.82, 2.24) is 4.90 Å². The highest BCUT2D eigenvalue weighted by Crippen LogP contribution is 2.62. The highest BCUT2D eigenvalue weighted by molar-refractivity contribution is 5.91. The minimum Gasteiger partial charge on any atom is -0.393 e. The third-order valence-corrected chi connectivity index (χ3v) is 7.79. The summed E-state index contributed by atoms with van der Waals surface area (Å²) in [5.41, 5.74) is 0.969. The molecule has 0 bridgehead atoms. The number of likely N-dealkylation sites (tertiary alicyclic amines) is 1. The molecule has 4 rings (SSSR count). The maximum atomic E-state index is 12.3. The first-order valence-electron chi connectivity index (χ1n) is 8.96. The van der Waals surface area contributed by atoms with Crippen molar-refractivity contribution in [3.8, 4) is 0 Å². The molecule has 0 aromatic heterocycles. The number of ketones is 1. The van der Waals surface area contributed by atoms with E-state index in [-0.39, 0.29) is 28.6 Å². The number of allylic oxidation sites excluding steroid dienone is 2. The van der Waals surface area contributed by atoms with E-state index in [1.54, 1.807) is 0 Å². The van der Waals surface area contributed by atoms with Crippen molar-refractivity contribution in [2.75, 3.05) is 7.05 Å². The number of rotatable bonds is 0. The summed E-state index contributed by atoms with van der Waals surface area (Å²) in [5, 5.41) is 11.0. The summed E-state index contributed by atoms with van der Waals surface area (Å²) in [7, 11) is 1.89. The summed E-state index contributed by atoms with van der Waals surface area (Å²) in [6.07, 6.45) is 6.13. The molecular weight excluding hydrogens is 290 g/mol. The van der Waals surface area contributed by atoms with Crippen LogP contribution in [0.25, 0.3) is 0 Å². The first kappa shape index (κ1) is 15.4. The van der Waals surface area contributed by atoms with E-state index in [0.717, 1.165) is 19.3 Å². The smallest absolute Gasteiger partial charge is 0.223 e. The molecule has 0 aromatic rings. The van der Waals surface area contributed by atoms with Crippen molar-refractivity contribution < 1.29 is 14.7 Å². The fourth-order valence-corrected chi connectivity index (χ4v) is 6.38.